The lowest BCUT2D eigenvalue weighted by atomic mass is 10.2. The number of benzene rings is 1. The Hall–Kier alpha value is -0.680. The number of nitriles is 1. The summed E-state index contributed by atoms with van der Waals surface area (Å²) in [6.45, 7) is 6.17. The fourth-order valence-electron chi connectivity index (χ4n) is 1.43. The topological polar surface area (TPSA) is 33.0 Å². The number of hydrogen-bond donors (Lipinski definition) is 0. The molecule has 1 atom stereocenters. The van der Waals surface area contributed by atoms with Crippen molar-refractivity contribution < 1.29 is 4.52 Å². The van der Waals surface area contributed by atoms with Crippen LogP contribution in [-0.4, -0.2) is 11.8 Å². The standard InChI is InChI=1S/C12H16NOPS/c1-4-14-15(16,12(2,3)10-13)11-8-6-5-7-9-11/h5-9H,4H2,1-3H3. The number of rotatable bonds is 4. The Morgan fingerprint density at radius 2 is 1.94 bits per heavy atom. The van der Waals surface area contributed by atoms with Gasteiger partial charge in [-0.05, 0) is 20.8 Å². The fourth-order valence-corrected chi connectivity index (χ4v) is 4.41. The summed E-state index contributed by atoms with van der Waals surface area (Å²) in [5.74, 6) is 0. The second-order valence-corrected chi connectivity index (χ2v) is 8.51. The molecule has 0 aliphatic carbocycles. The zero-order valence-electron chi connectivity index (χ0n) is 9.80. The quantitative estimate of drug-likeness (QED) is 0.773. The van der Waals surface area contributed by atoms with E-state index in [4.69, 9.17) is 16.3 Å². The van der Waals surface area contributed by atoms with Gasteiger partial charge in [-0.15, -0.1) is 0 Å². The van der Waals surface area contributed by atoms with Crippen LogP contribution in [0, 0.1) is 11.3 Å². The second-order valence-electron chi connectivity index (χ2n) is 3.98. The molecule has 2 nitrogen and oxygen atoms in total. The van der Waals surface area contributed by atoms with Crippen LogP contribution in [0.1, 0.15) is 20.8 Å². The highest BCUT2D eigenvalue weighted by Gasteiger charge is 2.38. The van der Waals surface area contributed by atoms with Gasteiger partial charge < -0.3 is 4.52 Å². The van der Waals surface area contributed by atoms with Crippen molar-refractivity contribution in [1.82, 2.24) is 0 Å². The Morgan fingerprint density at radius 3 is 2.38 bits per heavy atom. The molecule has 4 heteroatoms. The van der Waals surface area contributed by atoms with E-state index in [0.29, 0.717) is 6.61 Å². The maximum Gasteiger partial charge on any atom is 0.113 e. The largest absolute Gasteiger partial charge is 0.345 e. The van der Waals surface area contributed by atoms with E-state index in [1.165, 1.54) is 0 Å². The van der Waals surface area contributed by atoms with Gasteiger partial charge in [-0.3, -0.25) is 0 Å². The van der Waals surface area contributed by atoms with Crippen LogP contribution >= 0.6 is 6.26 Å². The van der Waals surface area contributed by atoms with Crippen LogP contribution in [0.15, 0.2) is 30.3 Å². The van der Waals surface area contributed by atoms with Crippen molar-refractivity contribution >= 4 is 23.4 Å². The molecule has 1 aromatic rings. The van der Waals surface area contributed by atoms with E-state index in [2.05, 4.69) is 6.07 Å². The first-order valence-corrected chi connectivity index (χ1v) is 7.91. The molecular formula is C12H16NOPS. The summed E-state index contributed by atoms with van der Waals surface area (Å²) in [6, 6.07) is 12.0. The third-order valence-corrected chi connectivity index (χ3v) is 7.91. The molecule has 0 aromatic heterocycles. The minimum absolute atomic E-state index is 0.539. The Balaban J connectivity index is 3.30. The van der Waals surface area contributed by atoms with Crippen LogP contribution in [0.25, 0.3) is 0 Å². The van der Waals surface area contributed by atoms with Crippen molar-refractivity contribution in [3.8, 4) is 6.07 Å². The molecular weight excluding hydrogens is 237 g/mol. The molecule has 0 radical (unpaired) electrons. The summed E-state index contributed by atoms with van der Waals surface area (Å²) in [6.07, 6.45) is -2.30. The van der Waals surface area contributed by atoms with Crippen molar-refractivity contribution in [2.75, 3.05) is 6.61 Å². The lowest BCUT2D eigenvalue weighted by Crippen LogP contribution is -2.26. The minimum Gasteiger partial charge on any atom is -0.345 e. The summed E-state index contributed by atoms with van der Waals surface area (Å²) in [5.41, 5.74) is 0. The first-order chi connectivity index (χ1) is 7.48. The van der Waals surface area contributed by atoms with Crippen molar-refractivity contribution in [2.24, 2.45) is 0 Å². The van der Waals surface area contributed by atoms with E-state index in [9.17, 15) is 5.26 Å². The van der Waals surface area contributed by atoms with E-state index in [-0.39, 0.29) is 0 Å². The second kappa shape index (κ2) is 5.10. The summed E-state index contributed by atoms with van der Waals surface area (Å²) in [4.78, 5) is 0. The van der Waals surface area contributed by atoms with Crippen LogP contribution in [0.5, 0.6) is 0 Å². The van der Waals surface area contributed by atoms with Gasteiger partial charge in [-0.1, -0.05) is 42.1 Å². The SMILES string of the molecule is CCOP(=S)(c1ccccc1)C(C)(C)C#N. The van der Waals surface area contributed by atoms with Gasteiger partial charge in [-0.25, -0.2) is 0 Å². The van der Waals surface area contributed by atoms with E-state index in [1.807, 2.05) is 51.1 Å². The Kier molecular flexibility index (Phi) is 4.27. The molecule has 1 unspecified atom stereocenters. The number of hydrogen-bond acceptors (Lipinski definition) is 3. The van der Waals surface area contributed by atoms with Crippen LogP contribution in [-0.2, 0) is 16.3 Å². The molecule has 0 heterocycles. The highest BCUT2D eigenvalue weighted by molar-refractivity contribution is 8.16. The molecule has 0 saturated carbocycles. The summed E-state index contributed by atoms with van der Waals surface area (Å²) >= 11 is 5.67. The van der Waals surface area contributed by atoms with Crippen LogP contribution in [0.4, 0.5) is 0 Å². The van der Waals surface area contributed by atoms with Gasteiger partial charge in [0.15, 0.2) is 0 Å². The lowest BCUT2D eigenvalue weighted by Gasteiger charge is -2.32. The molecule has 0 spiro atoms. The van der Waals surface area contributed by atoms with Gasteiger partial charge in [0, 0.05) is 11.9 Å². The molecule has 16 heavy (non-hydrogen) atoms. The average Bonchev–Trinajstić information content (AvgIpc) is 2.30. The van der Waals surface area contributed by atoms with Gasteiger partial charge in [0.05, 0.1) is 6.07 Å². The summed E-state index contributed by atoms with van der Waals surface area (Å²) in [5, 5.41) is 9.58. The molecule has 0 saturated heterocycles. The molecule has 86 valence electrons. The van der Waals surface area contributed by atoms with Crippen molar-refractivity contribution in [3.05, 3.63) is 30.3 Å². The molecule has 0 fully saturated rings. The predicted molar refractivity (Wildman–Crippen MR) is 71.7 cm³/mol. The molecule has 0 N–H and O–H groups in total. The predicted octanol–water partition coefficient (Wildman–Crippen LogP) is 3.05. The summed E-state index contributed by atoms with van der Waals surface area (Å²) in [7, 11) is 0. The van der Waals surface area contributed by atoms with Crippen molar-refractivity contribution in [2.45, 2.75) is 25.9 Å². The van der Waals surface area contributed by atoms with Gasteiger partial charge >= 0.3 is 0 Å². The van der Waals surface area contributed by atoms with E-state index in [1.54, 1.807) is 0 Å². The molecule has 1 aromatic carbocycles. The van der Waals surface area contributed by atoms with Crippen molar-refractivity contribution in [1.29, 1.82) is 5.26 Å². The minimum atomic E-state index is -2.30. The monoisotopic (exact) mass is 253 g/mol. The van der Waals surface area contributed by atoms with Crippen molar-refractivity contribution in [3.63, 3.8) is 0 Å². The lowest BCUT2D eigenvalue weighted by molar-refractivity contribution is 0.373. The molecule has 0 aliphatic rings. The number of nitrogens with zero attached hydrogens (tertiary/aromatic N) is 1. The first-order valence-electron chi connectivity index (χ1n) is 5.19. The highest BCUT2D eigenvalue weighted by Crippen LogP contribution is 2.57. The maximum atomic E-state index is 9.25. The summed E-state index contributed by atoms with van der Waals surface area (Å²) < 4.78 is 5.77. The average molecular weight is 253 g/mol. The molecule has 0 bridgehead atoms. The highest BCUT2D eigenvalue weighted by atomic mass is 32.4. The van der Waals surface area contributed by atoms with Crippen LogP contribution < -0.4 is 5.30 Å². The first kappa shape index (κ1) is 13.4. The zero-order chi connectivity index (χ0) is 12.2. The van der Waals surface area contributed by atoms with Gasteiger partial charge in [0.1, 0.15) is 11.4 Å². The third-order valence-electron chi connectivity index (χ3n) is 2.42. The smallest absolute Gasteiger partial charge is 0.113 e. The molecule has 0 aliphatic heterocycles. The normalized spacial score (nSPS) is 15.1. The van der Waals surface area contributed by atoms with Gasteiger partial charge in [0.25, 0.3) is 0 Å². The Bertz CT molecular complexity index is 436. The van der Waals surface area contributed by atoms with E-state index < -0.39 is 11.4 Å². The van der Waals surface area contributed by atoms with Crippen LogP contribution in [0.3, 0.4) is 0 Å². The maximum absolute atomic E-state index is 9.25. The molecule has 0 amide bonds. The third kappa shape index (κ3) is 2.35. The van der Waals surface area contributed by atoms with Gasteiger partial charge in [-0.2, -0.15) is 5.26 Å². The van der Waals surface area contributed by atoms with E-state index in [0.717, 1.165) is 5.30 Å². The fraction of sp³-hybridized carbons (Fsp3) is 0.417. The van der Waals surface area contributed by atoms with Crippen LogP contribution in [0.2, 0.25) is 0 Å². The van der Waals surface area contributed by atoms with E-state index >= 15 is 0 Å². The Labute approximate surface area is 102 Å². The molecule has 1 rings (SSSR count). The Morgan fingerprint density at radius 1 is 1.38 bits per heavy atom. The zero-order valence-corrected chi connectivity index (χ0v) is 11.5. The van der Waals surface area contributed by atoms with Gasteiger partial charge in [0.2, 0.25) is 0 Å².